The smallest absolute Gasteiger partial charge is 0.255 e. The second-order valence-electron chi connectivity index (χ2n) is 7.26. The Labute approximate surface area is 174 Å². The van der Waals surface area contributed by atoms with Crippen molar-refractivity contribution in [2.75, 3.05) is 19.0 Å². The van der Waals surface area contributed by atoms with Gasteiger partial charge in [-0.3, -0.25) is 9.59 Å². The molecular formula is C24H21FN2O3. The molecule has 1 aliphatic heterocycles. The summed E-state index contributed by atoms with van der Waals surface area (Å²) in [5.41, 5.74) is 3.54. The molecule has 0 spiro atoms. The number of methoxy groups -OCH3 is 1. The number of rotatable bonds is 3. The third-order valence-electron chi connectivity index (χ3n) is 5.16. The molecule has 0 aromatic heterocycles. The number of hydrogen-bond acceptors (Lipinski definition) is 3. The van der Waals surface area contributed by atoms with E-state index in [4.69, 9.17) is 4.74 Å². The number of anilines is 1. The second kappa shape index (κ2) is 7.99. The lowest BCUT2D eigenvalue weighted by Gasteiger charge is -2.31. The fourth-order valence-electron chi connectivity index (χ4n) is 3.74. The lowest BCUT2D eigenvalue weighted by molar-refractivity contribution is -0.117. The fraction of sp³-hybridized carbons (Fsp3) is 0.167. The molecule has 3 aromatic carbocycles. The SMILES string of the molecule is COc1cccc(C(=O)N2CC(=O)Nc3ccc(C)cc3[C@H]2c2ccc(F)cc2)c1. The molecule has 6 heteroatoms. The van der Waals surface area contributed by atoms with Crippen molar-refractivity contribution in [1.82, 2.24) is 4.90 Å². The van der Waals surface area contributed by atoms with Crippen LogP contribution < -0.4 is 10.1 Å². The third-order valence-corrected chi connectivity index (χ3v) is 5.16. The number of carbonyl (C=O) groups excluding carboxylic acids is 2. The molecule has 0 unspecified atom stereocenters. The predicted octanol–water partition coefficient (Wildman–Crippen LogP) is 4.33. The Kier molecular flexibility index (Phi) is 5.23. The summed E-state index contributed by atoms with van der Waals surface area (Å²) in [6, 6.07) is 17.9. The van der Waals surface area contributed by atoms with E-state index in [2.05, 4.69) is 5.32 Å². The van der Waals surface area contributed by atoms with Crippen molar-refractivity contribution in [3.05, 3.63) is 94.8 Å². The van der Waals surface area contributed by atoms with Gasteiger partial charge >= 0.3 is 0 Å². The highest BCUT2D eigenvalue weighted by atomic mass is 19.1. The van der Waals surface area contributed by atoms with Gasteiger partial charge in [0.15, 0.2) is 0 Å². The molecule has 0 saturated heterocycles. The van der Waals surface area contributed by atoms with Crippen LogP contribution in [0, 0.1) is 12.7 Å². The minimum atomic E-state index is -0.557. The van der Waals surface area contributed by atoms with Crippen molar-refractivity contribution in [1.29, 1.82) is 0 Å². The molecule has 1 heterocycles. The van der Waals surface area contributed by atoms with Gasteiger partial charge in [-0.2, -0.15) is 0 Å². The Morgan fingerprint density at radius 3 is 2.60 bits per heavy atom. The van der Waals surface area contributed by atoms with Crippen LogP contribution in [0.15, 0.2) is 66.7 Å². The standard InChI is InChI=1S/C24H21FN2O3/c1-15-6-11-21-20(12-15)23(16-7-9-18(25)10-8-16)27(14-22(28)26-21)24(29)17-4-3-5-19(13-17)30-2/h3-13,23H,14H2,1-2H3,(H,26,28)/t23-/m1/s1. The van der Waals surface area contributed by atoms with Gasteiger partial charge in [0.1, 0.15) is 18.1 Å². The molecule has 1 N–H and O–H groups in total. The predicted molar refractivity (Wildman–Crippen MR) is 112 cm³/mol. The highest BCUT2D eigenvalue weighted by molar-refractivity contribution is 6.01. The first kappa shape index (κ1) is 19.6. The first-order valence-electron chi connectivity index (χ1n) is 9.57. The van der Waals surface area contributed by atoms with Crippen molar-refractivity contribution in [2.24, 2.45) is 0 Å². The number of aryl methyl sites for hydroxylation is 1. The van der Waals surface area contributed by atoms with Crippen molar-refractivity contribution in [2.45, 2.75) is 13.0 Å². The largest absolute Gasteiger partial charge is 0.497 e. The highest BCUT2D eigenvalue weighted by Gasteiger charge is 2.34. The molecule has 0 aliphatic carbocycles. The van der Waals surface area contributed by atoms with Crippen molar-refractivity contribution < 1.29 is 18.7 Å². The Morgan fingerprint density at radius 2 is 1.87 bits per heavy atom. The maximum Gasteiger partial charge on any atom is 0.255 e. The zero-order valence-corrected chi connectivity index (χ0v) is 16.7. The summed E-state index contributed by atoms with van der Waals surface area (Å²) in [6.45, 7) is 1.81. The topological polar surface area (TPSA) is 58.6 Å². The van der Waals surface area contributed by atoms with Gasteiger partial charge in [-0.15, -0.1) is 0 Å². The molecule has 1 atom stereocenters. The second-order valence-corrected chi connectivity index (χ2v) is 7.26. The Bertz CT molecular complexity index is 1110. The van der Waals surface area contributed by atoms with Crippen LogP contribution in [0.4, 0.5) is 10.1 Å². The number of halogens is 1. The summed E-state index contributed by atoms with van der Waals surface area (Å²) in [4.78, 5) is 27.7. The molecule has 0 bridgehead atoms. The summed E-state index contributed by atoms with van der Waals surface area (Å²) in [5.74, 6) is -0.417. The molecule has 5 nitrogen and oxygen atoms in total. The minimum absolute atomic E-state index is 0.133. The zero-order valence-electron chi connectivity index (χ0n) is 16.7. The maximum atomic E-state index is 13.6. The van der Waals surface area contributed by atoms with Crippen LogP contribution in [0.2, 0.25) is 0 Å². The average molecular weight is 404 g/mol. The number of hydrogen-bond donors (Lipinski definition) is 1. The molecule has 0 fully saturated rings. The van der Waals surface area contributed by atoms with Gasteiger partial charge in [-0.1, -0.05) is 35.9 Å². The van der Waals surface area contributed by atoms with Crippen LogP contribution in [-0.4, -0.2) is 30.4 Å². The quantitative estimate of drug-likeness (QED) is 0.707. The fourth-order valence-corrected chi connectivity index (χ4v) is 3.74. The normalized spacial score (nSPS) is 15.8. The molecule has 1 aliphatic rings. The molecule has 0 saturated carbocycles. The first-order valence-corrected chi connectivity index (χ1v) is 9.57. The van der Waals surface area contributed by atoms with E-state index in [1.807, 2.05) is 25.1 Å². The summed E-state index contributed by atoms with van der Waals surface area (Å²) in [5, 5.41) is 2.89. The molecule has 2 amide bonds. The molecule has 4 rings (SSSR count). The number of fused-ring (bicyclic) bond motifs is 1. The van der Waals surface area contributed by atoms with E-state index in [0.29, 0.717) is 17.0 Å². The lowest BCUT2D eigenvalue weighted by atomic mass is 9.94. The Morgan fingerprint density at radius 1 is 1.10 bits per heavy atom. The zero-order chi connectivity index (χ0) is 21.3. The Balaban J connectivity index is 1.88. The van der Waals surface area contributed by atoms with Gasteiger partial charge in [0.05, 0.1) is 13.2 Å². The average Bonchev–Trinajstić information content (AvgIpc) is 2.89. The molecule has 0 radical (unpaired) electrons. The van der Waals surface area contributed by atoms with Crippen LogP contribution in [0.3, 0.4) is 0 Å². The van der Waals surface area contributed by atoms with E-state index in [9.17, 15) is 14.0 Å². The van der Waals surface area contributed by atoms with E-state index in [0.717, 1.165) is 16.7 Å². The van der Waals surface area contributed by atoms with Crippen LogP contribution in [-0.2, 0) is 4.79 Å². The Hall–Kier alpha value is -3.67. The number of ether oxygens (including phenoxy) is 1. The molecular weight excluding hydrogens is 383 g/mol. The van der Waals surface area contributed by atoms with E-state index in [1.165, 1.54) is 24.1 Å². The van der Waals surface area contributed by atoms with Gasteiger partial charge in [0.25, 0.3) is 5.91 Å². The molecule has 30 heavy (non-hydrogen) atoms. The number of amides is 2. The molecule has 152 valence electrons. The van der Waals surface area contributed by atoms with E-state index in [-0.39, 0.29) is 24.2 Å². The van der Waals surface area contributed by atoms with Crippen LogP contribution in [0.25, 0.3) is 0 Å². The van der Waals surface area contributed by atoms with Crippen LogP contribution in [0.5, 0.6) is 5.75 Å². The van der Waals surface area contributed by atoms with Gasteiger partial charge in [0, 0.05) is 16.8 Å². The van der Waals surface area contributed by atoms with Crippen molar-refractivity contribution >= 4 is 17.5 Å². The maximum absolute atomic E-state index is 13.6. The highest BCUT2D eigenvalue weighted by Crippen LogP contribution is 2.37. The third kappa shape index (κ3) is 3.76. The van der Waals surface area contributed by atoms with Gasteiger partial charge < -0.3 is 15.0 Å². The van der Waals surface area contributed by atoms with Crippen LogP contribution >= 0.6 is 0 Å². The number of carbonyl (C=O) groups is 2. The van der Waals surface area contributed by atoms with E-state index >= 15 is 0 Å². The van der Waals surface area contributed by atoms with Crippen molar-refractivity contribution in [3.63, 3.8) is 0 Å². The monoisotopic (exact) mass is 404 g/mol. The van der Waals surface area contributed by atoms with Crippen molar-refractivity contribution in [3.8, 4) is 5.75 Å². The summed E-state index contributed by atoms with van der Waals surface area (Å²) in [7, 11) is 1.53. The summed E-state index contributed by atoms with van der Waals surface area (Å²) >= 11 is 0. The number of benzene rings is 3. The minimum Gasteiger partial charge on any atom is -0.497 e. The number of nitrogens with one attached hydrogen (secondary N) is 1. The summed E-state index contributed by atoms with van der Waals surface area (Å²) < 4.78 is 18.8. The van der Waals surface area contributed by atoms with E-state index < -0.39 is 6.04 Å². The van der Waals surface area contributed by atoms with Gasteiger partial charge in [-0.25, -0.2) is 4.39 Å². The molecule has 3 aromatic rings. The summed E-state index contributed by atoms with van der Waals surface area (Å²) in [6.07, 6.45) is 0. The lowest BCUT2D eigenvalue weighted by Crippen LogP contribution is -2.39. The van der Waals surface area contributed by atoms with Crippen LogP contribution in [0.1, 0.15) is 33.1 Å². The van der Waals surface area contributed by atoms with E-state index in [1.54, 1.807) is 36.4 Å². The number of nitrogens with zero attached hydrogens (tertiary/aromatic N) is 1. The van der Waals surface area contributed by atoms with Gasteiger partial charge in [-0.05, 0) is 48.9 Å². The first-order chi connectivity index (χ1) is 14.5. The van der Waals surface area contributed by atoms with Gasteiger partial charge in [0.2, 0.25) is 5.91 Å².